The first kappa shape index (κ1) is 19.4. The number of amides is 2. The minimum absolute atomic E-state index is 0.0739. The van der Waals surface area contributed by atoms with Gasteiger partial charge in [0.1, 0.15) is 17.8 Å². The van der Waals surface area contributed by atoms with Gasteiger partial charge in [-0.1, -0.05) is 18.2 Å². The van der Waals surface area contributed by atoms with Gasteiger partial charge in [-0.05, 0) is 48.7 Å². The van der Waals surface area contributed by atoms with E-state index in [1.54, 1.807) is 36.3 Å². The molecule has 2 aromatic carbocycles. The normalized spacial score (nSPS) is 20.6. The fourth-order valence-corrected chi connectivity index (χ4v) is 4.67. The van der Waals surface area contributed by atoms with Gasteiger partial charge in [0, 0.05) is 29.4 Å². The monoisotopic (exact) mass is 417 g/mol. The first-order chi connectivity index (χ1) is 15.1. The van der Waals surface area contributed by atoms with E-state index in [2.05, 4.69) is 10.3 Å². The number of ether oxygens (including phenoxy) is 1. The summed E-state index contributed by atoms with van der Waals surface area (Å²) in [6.07, 6.45) is 1.80. The zero-order valence-electron chi connectivity index (χ0n) is 17.2. The van der Waals surface area contributed by atoms with E-state index in [9.17, 15) is 14.4 Å². The number of para-hydroxylation sites is 1. The Labute approximate surface area is 179 Å². The molecule has 2 N–H and O–H groups in total. The van der Waals surface area contributed by atoms with Crippen LogP contribution in [0, 0.1) is 0 Å². The maximum absolute atomic E-state index is 13.4. The average molecular weight is 417 g/mol. The quantitative estimate of drug-likeness (QED) is 0.624. The number of methoxy groups -OCH3 is 1. The minimum atomic E-state index is -0.677. The van der Waals surface area contributed by atoms with Gasteiger partial charge in [0.15, 0.2) is 0 Å². The highest BCUT2D eigenvalue weighted by atomic mass is 16.5. The van der Waals surface area contributed by atoms with Crippen LogP contribution in [0.1, 0.15) is 34.5 Å². The lowest BCUT2D eigenvalue weighted by Gasteiger charge is -2.34. The van der Waals surface area contributed by atoms with Crippen molar-refractivity contribution >= 4 is 28.5 Å². The zero-order chi connectivity index (χ0) is 21.5. The molecule has 0 unspecified atom stereocenters. The van der Waals surface area contributed by atoms with Crippen LogP contribution in [0.25, 0.3) is 10.9 Å². The standard InChI is InChI=1S/C24H23N3O4/c1-31-15-10-8-14(9-11-15)22(28)21-17(16-5-2-3-6-18(16)25-21)13-19-24(30)27-12-4-7-20(27)23(29)26-19/h2-3,5-6,8-11,19-20,25H,4,7,12-13H2,1H3,(H,26,29)/t19-,20-/m0/s1. The SMILES string of the molecule is COc1ccc(C(=O)c2[nH]c3ccccc3c2C[C@@H]2NC(=O)[C@@H]3CCCN3C2=O)cc1. The number of nitrogens with zero attached hydrogens (tertiary/aromatic N) is 1. The number of hydrogen-bond acceptors (Lipinski definition) is 4. The molecule has 0 saturated carbocycles. The maximum Gasteiger partial charge on any atom is 0.246 e. The van der Waals surface area contributed by atoms with Crippen LogP contribution >= 0.6 is 0 Å². The molecule has 0 spiro atoms. The molecule has 2 atom stereocenters. The summed E-state index contributed by atoms with van der Waals surface area (Å²) in [5.41, 5.74) is 2.53. The van der Waals surface area contributed by atoms with Crippen LogP contribution in [0.2, 0.25) is 0 Å². The van der Waals surface area contributed by atoms with Crippen LogP contribution in [-0.4, -0.2) is 53.2 Å². The van der Waals surface area contributed by atoms with Crippen molar-refractivity contribution in [1.29, 1.82) is 0 Å². The molecule has 2 fully saturated rings. The molecule has 5 rings (SSSR count). The highest BCUT2D eigenvalue weighted by molar-refractivity contribution is 6.12. The molecule has 2 amide bonds. The number of H-pyrrole nitrogens is 1. The summed E-state index contributed by atoms with van der Waals surface area (Å²) >= 11 is 0. The van der Waals surface area contributed by atoms with Crippen LogP contribution in [0.15, 0.2) is 48.5 Å². The molecule has 0 radical (unpaired) electrons. The van der Waals surface area contributed by atoms with E-state index < -0.39 is 6.04 Å². The van der Waals surface area contributed by atoms with Crippen molar-refractivity contribution in [1.82, 2.24) is 15.2 Å². The third-order valence-corrected chi connectivity index (χ3v) is 6.25. The Hall–Kier alpha value is -3.61. The summed E-state index contributed by atoms with van der Waals surface area (Å²) in [6.45, 7) is 0.610. The lowest BCUT2D eigenvalue weighted by molar-refractivity contribution is -0.146. The van der Waals surface area contributed by atoms with Crippen molar-refractivity contribution in [2.45, 2.75) is 31.3 Å². The van der Waals surface area contributed by atoms with Crippen molar-refractivity contribution in [3.63, 3.8) is 0 Å². The number of aromatic amines is 1. The number of carbonyl (C=O) groups is 3. The summed E-state index contributed by atoms with van der Waals surface area (Å²) in [4.78, 5) is 43.8. The van der Waals surface area contributed by atoms with Gasteiger partial charge in [-0.2, -0.15) is 0 Å². The van der Waals surface area contributed by atoms with E-state index in [-0.39, 0.29) is 30.1 Å². The van der Waals surface area contributed by atoms with Crippen molar-refractivity contribution in [3.05, 3.63) is 65.4 Å². The lowest BCUT2D eigenvalue weighted by atomic mass is 9.96. The number of aromatic nitrogens is 1. The van der Waals surface area contributed by atoms with Crippen molar-refractivity contribution in [2.24, 2.45) is 0 Å². The van der Waals surface area contributed by atoms with Crippen LogP contribution in [-0.2, 0) is 16.0 Å². The molecule has 2 aliphatic rings. The van der Waals surface area contributed by atoms with Gasteiger partial charge in [0.2, 0.25) is 17.6 Å². The summed E-state index contributed by atoms with van der Waals surface area (Å²) in [5, 5.41) is 3.77. The van der Waals surface area contributed by atoms with Gasteiger partial charge < -0.3 is 19.9 Å². The Kier molecular flexibility index (Phi) is 4.73. The summed E-state index contributed by atoms with van der Waals surface area (Å²) < 4.78 is 5.18. The van der Waals surface area contributed by atoms with Crippen LogP contribution in [0.3, 0.4) is 0 Å². The number of ketones is 1. The Morgan fingerprint density at radius 1 is 1.13 bits per heavy atom. The molecular weight excluding hydrogens is 394 g/mol. The van der Waals surface area contributed by atoms with Gasteiger partial charge in [-0.25, -0.2) is 0 Å². The number of piperazine rings is 1. The topological polar surface area (TPSA) is 91.5 Å². The molecule has 158 valence electrons. The van der Waals surface area contributed by atoms with Gasteiger partial charge in [0.05, 0.1) is 12.8 Å². The number of fused-ring (bicyclic) bond motifs is 2. The van der Waals surface area contributed by atoms with Crippen molar-refractivity contribution in [3.8, 4) is 5.75 Å². The number of benzene rings is 2. The van der Waals surface area contributed by atoms with Crippen LogP contribution < -0.4 is 10.1 Å². The second-order valence-electron chi connectivity index (χ2n) is 8.04. The van der Waals surface area contributed by atoms with Gasteiger partial charge in [-0.15, -0.1) is 0 Å². The van der Waals surface area contributed by atoms with Crippen LogP contribution in [0.4, 0.5) is 0 Å². The molecule has 0 aliphatic carbocycles. The molecule has 31 heavy (non-hydrogen) atoms. The van der Waals surface area contributed by atoms with Crippen molar-refractivity contribution in [2.75, 3.05) is 13.7 Å². The minimum Gasteiger partial charge on any atom is -0.497 e. The third kappa shape index (κ3) is 3.26. The number of rotatable bonds is 5. The molecule has 2 saturated heterocycles. The predicted molar refractivity (Wildman–Crippen MR) is 115 cm³/mol. The van der Waals surface area contributed by atoms with Gasteiger partial charge in [0.25, 0.3) is 0 Å². The van der Waals surface area contributed by atoms with Gasteiger partial charge >= 0.3 is 0 Å². The lowest BCUT2D eigenvalue weighted by Crippen LogP contribution is -2.61. The average Bonchev–Trinajstić information content (AvgIpc) is 3.43. The second-order valence-corrected chi connectivity index (χ2v) is 8.04. The number of carbonyl (C=O) groups excluding carboxylic acids is 3. The Balaban J connectivity index is 1.52. The van der Waals surface area contributed by atoms with E-state index >= 15 is 0 Å². The molecule has 7 nitrogen and oxygen atoms in total. The smallest absolute Gasteiger partial charge is 0.246 e. The largest absolute Gasteiger partial charge is 0.497 e. The first-order valence-corrected chi connectivity index (χ1v) is 10.5. The predicted octanol–water partition coefficient (Wildman–Crippen LogP) is 2.44. The van der Waals surface area contributed by atoms with E-state index in [0.717, 1.165) is 22.9 Å². The van der Waals surface area contributed by atoms with E-state index in [0.29, 0.717) is 30.0 Å². The summed E-state index contributed by atoms with van der Waals surface area (Å²) in [7, 11) is 1.58. The number of nitrogens with one attached hydrogen (secondary N) is 2. The maximum atomic E-state index is 13.4. The molecule has 7 heteroatoms. The Morgan fingerprint density at radius 3 is 2.68 bits per heavy atom. The molecule has 3 heterocycles. The molecular formula is C24H23N3O4. The zero-order valence-corrected chi connectivity index (χ0v) is 17.2. The summed E-state index contributed by atoms with van der Waals surface area (Å²) in [6, 6.07) is 13.5. The molecule has 2 aliphatic heterocycles. The molecule has 0 bridgehead atoms. The molecule has 1 aromatic heterocycles. The number of hydrogen-bond donors (Lipinski definition) is 2. The first-order valence-electron chi connectivity index (χ1n) is 10.5. The Bertz CT molecular complexity index is 1180. The Morgan fingerprint density at radius 2 is 1.90 bits per heavy atom. The van der Waals surface area contributed by atoms with E-state index in [4.69, 9.17) is 4.74 Å². The van der Waals surface area contributed by atoms with E-state index in [1.807, 2.05) is 24.3 Å². The fraction of sp³-hybridized carbons (Fsp3) is 0.292. The highest BCUT2D eigenvalue weighted by Gasteiger charge is 2.43. The summed E-state index contributed by atoms with van der Waals surface area (Å²) in [5.74, 6) is 0.326. The fourth-order valence-electron chi connectivity index (χ4n) is 4.67. The van der Waals surface area contributed by atoms with E-state index in [1.165, 1.54) is 0 Å². The van der Waals surface area contributed by atoms with Gasteiger partial charge in [-0.3, -0.25) is 14.4 Å². The van der Waals surface area contributed by atoms with Crippen molar-refractivity contribution < 1.29 is 19.1 Å². The molecule has 3 aromatic rings. The van der Waals surface area contributed by atoms with Crippen LogP contribution in [0.5, 0.6) is 5.75 Å². The second kappa shape index (κ2) is 7.58. The highest BCUT2D eigenvalue weighted by Crippen LogP contribution is 2.29. The third-order valence-electron chi connectivity index (χ3n) is 6.25.